The molecule has 0 aromatic rings. The van der Waals surface area contributed by atoms with Gasteiger partial charge in [0.25, 0.3) is 0 Å². The van der Waals surface area contributed by atoms with Crippen molar-refractivity contribution in [1.29, 1.82) is 5.26 Å². The average Bonchev–Trinajstić information content (AvgIpc) is 2.11. The number of likely N-dealkylation sites (N-methyl/N-ethyl adjacent to an activating group) is 1. The highest BCUT2D eigenvalue weighted by atomic mass is 16.4. The molecule has 0 aliphatic carbocycles. The number of hydrogen-bond acceptors (Lipinski definition) is 3. The molecular weight excluding hydrogens is 168 g/mol. The van der Waals surface area contributed by atoms with Gasteiger partial charge in [-0.05, 0) is 20.4 Å². The van der Waals surface area contributed by atoms with Crippen LogP contribution in [0.25, 0.3) is 0 Å². The summed E-state index contributed by atoms with van der Waals surface area (Å²) >= 11 is 0. The maximum atomic E-state index is 10.8. The van der Waals surface area contributed by atoms with Gasteiger partial charge in [0.1, 0.15) is 6.04 Å². The monoisotopic (exact) mass is 184 g/mol. The van der Waals surface area contributed by atoms with E-state index in [0.29, 0.717) is 6.42 Å². The first-order valence-corrected chi connectivity index (χ1v) is 4.39. The average molecular weight is 184 g/mol. The van der Waals surface area contributed by atoms with E-state index in [-0.39, 0.29) is 6.04 Å². The Kier molecular flexibility index (Phi) is 5.09. The Morgan fingerprint density at radius 3 is 2.54 bits per heavy atom. The molecule has 0 rings (SSSR count). The van der Waals surface area contributed by atoms with Crippen LogP contribution in [0.2, 0.25) is 0 Å². The van der Waals surface area contributed by atoms with Crippen molar-refractivity contribution < 1.29 is 9.90 Å². The van der Waals surface area contributed by atoms with Gasteiger partial charge < -0.3 is 5.11 Å². The van der Waals surface area contributed by atoms with Crippen LogP contribution in [0.3, 0.4) is 0 Å². The van der Waals surface area contributed by atoms with Crippen molar-refractivity contribution in [3.05, 3.63) is 0 Å². The zero-order chi connectivity index (χ0) is 10.4. The molecule has 1 N–H and O–H groups in total. The molecule has 0 bridgehead atoms. The molecule has 13 heavy (non-hydrogen) atoms. The Bertz CT molecular complexity index is 210. The standard InChI is InChI=1S/C9H16N2O2/c1-4-5-8(9(12)13)11(3)7(2)6-10/h7-8H,4-5H2,1-3H3,(H,12,13). The second-order valence-electron chi connectivity index (χ2n) is 3.11. The van der Waals surface area contributed by atoms with E-state index in [1.165, 1.54) is 0 Å². The zero-order valence-electron chi connectivity index (χ0n) is 8.32. The van der Waals surface area contributed by atoms with Crippen molar-refractivity contribution in [2.45, 2.75) is 38.8 Å². The van der Waals surface area contributed by atoms with Crippen molar-refractivity contribution in [3.8, 4) is 6.07 Å². The minimum absolute atomic E-state index is 0.354. The SMILES string of the molecule is CCCC(C(=O)O)N(C)C(C)C#N. The molecule has 0 amide bonds. The lowest BCUT2D eigenvalue weighted by atomic mass is 10.1. The van der Waals surface area contributed by atoms with Crippen molar-refractivity contribution in [2.24, 2.45) is 0 Å². The van der Waals surface area contributed by atoms with Gasteiger partial charge in [-0.1, -0.05) is 13.3 Å². The van der Waals surface area contributed by atoms with Crippen LogP contribution in [0.15, 0.2) is 0 Å². The third kappa shape index (κ3) is 3.43. The predicted molar refractivity (Wildman–Crippen MR) is 49.2 cm³/mol. The van der Waals surface area contributed by atoms with Crippen LogP contribution in [0.4, 0.5) is 0 Å². The van der Waals surface area contributed by atoms with E-state index < -0.39 is 12.0 Å². The Labute approximate surface area is 78.8 Å². The highest BCUT2D eigenvalue weighted by Crippen LogP contribution is 2.08. The van der Waals surface area contributed by atoms with Gasteiger partial charge in [0.2, 0.25) is 0 Å². The fourth-order valence-electron chi connectivity index (χ4n) is 1.14. The number of carboxylic acid groups (broad SMARTS) is 1. The minimum atomic E-state index is -0.855. The van der Waals surface area contributed by atoms with Gasteiger partial charge in [0.15, 0.2) is 0 Å². The first kappa shape index (κ1) is 11.9. The Morgan fingerprint density at radius 1 is 1.69 bits per heavy atom. The third-order valence-corrected chi connectivity index (χ3v) is 2.14. The number of nitrogens with zero attached hydrogens (tertiary/aromatic N) is 2. The van der Waals surface area contributed by atoms with Gasteiger partial charge in [0.05, 0.1) is 12.1 Å². The van der Waals surface area contributed by atoms with E-state index in [1.807, 2.05) is 13.0 Å². The maximum Gasteiger partial charge on any atom is 0.320 e. The van der Waals surface area contributed by atoms with Crippen molar-refractivity contribution >= 4 is 5.97 Å². The highest BCUT2D eigenvalue weighted by molar-refractivity contribution is 5.73. The molecule has 2 unspecified atom stereocenters. The number of carbonyl (C=O) groups is 1. The Hall–Kier alpha value is -1.08. The molecule has 0 aliphatic heterocycles. The van der Waals surface area contributed by atoms with Crippen LogP contribution in [-0.4, -0.2) is 35.1 Å². The molecule has 0 aromatic heterocycles. The summed E-state index contributed by atoms with van der Waals surface area (Å²) in [6.07, 6.45) is 1.39. The first-order valence-electron chi connectivity index (χ1n) is 4.39. The van der Waals surface area contributed by atoms with Crippen molar-refractivity contribution in [1.82, 2.24) is 4.90 Å². The molecule has 0 aliphatic rings. The number of carboxylic acids is 1. The molecule has 0 saturated carbocycles. The maximum absolute atomic E-state index is 10.8. The van der Waals surface area contributed by atoms with Gasteiger partial charge >= 0.3 is 5.97 Å². The van der Waals surface area contributed by atoms with E-state index in [1.54, 1.807) is 18.9 Å². The van der Waals surface area contributed by atoms with E-state index in [0.717, 1.165) is 6.42 Å². The summed E-state index contributed by atoms with van der Waals surface area (Å²) in [5.41, 5.74) is 0. The van der Waals surface area contributed by atoms with Crippen molar-refractivity contribution in [3.63, 3.8) is 0 Å². The molecular formula is C9H16N2O2. The lowest BCUT2D eigenvalue weighted by molar-refractivity contribution is -0.143. The lowest BCUT2D eigenvalue weighted by Gasteiger charge is -2.25. The zero-order valence-corrected chi connectivity index (χ0v) is 8.32. The smallest absolute Gasteiger partial charge is 0.320 e. The fourth-order valence-corrected chi connectivity index (χ4v) is 1.14. The van der Waals surface area contributed by atoms with Gasteiger partial charge in [-0.3, -0.25) is 9.69 Å². The van der Waals surface area contributed by atoms with Crippen LogP contribution in [0.1, 0.15) is 26.7 Å². The summed E-state index contributed by atoms with van der Waals surface area (Å²) in [5.74, 6) is -0.855. The summed E-state index contributed by atoms with van der Waals surface area (Å²) < 4.78 is 0. The largest absolute Gasteiger partial charge is 0.480 e. The molecule has 0 radical (unpaired) electrons. The topological polar surface area (TPSA) is 64.3 Å². The van der Waals surface area contributed by atoms with Gasteiger partial charge in [-0.15, -0.1) is 0 Å². The summed E-state index contributed by atoms with van der Waals surface area (Å²) in [6, 6.07) is 1.13. The van der Waals surface area contributed by atoms with Gasteiger partial charge in [0, 0.05) is 0 Å². The molecule has 0 fully saturated rings. The van der Waals surface area contributed by atoms with Gasteiger partial charge in [-0.2, -0.15) is 5.26 Å². The van der Waals surface area contributed by atoms with Crippen LogP contribution < -0.4 is 0 Å². The van der Waals surface area contributed by atoms with Crippen molar-refractivity contribution in [2.75, 3.05) is 7.05 Å². The second kappa shape index (κ2) is 5.55. The summed E-state index contributed by atoms with van der Waals surface area (Å²) in [5, 5.41) is 17.5. The van der Waals surface area contributed by atoms with E-state index in [9.17, 15) is 4.79 Å². The Morgan fingerprint density at radius 2 is 2.23 bits per heavy atom. The molecule has 0 heterocycles. The molecule has 4 heteroatoms. The van der Waals surface area contributed by atoms with Crippen LogP contribution >= 0.6 is 0 Å². The molecule has 2 atom stereocenters. The number of aliphatic carboxylic acids is 1. The number of rotatable bonds is 5. The molecule has 0 aromatic carbocycles. The first-order chi connectivity index (χ1) is 6.04. The van der Waals surface area contributed by atoms with Crippen LogP contribution in [0, 0.1) is 11.3 Å². The highest BCUT2D eigenvalue weighted by Gasteiger charge is 2.24. The normalized spacial score (nSPS) is 15.0. The lowest BCUT2D eigenvalue weighted by Crippen LogP contribution is -2.42. The number of hydrogen-bond donors (Lipinski definition) is 1. The van der Waals surface area contributed by atoms with Gasteiger partial charge in [-0.25, -0.2) is 0 Å². The van der Waals surface area contributed by atoms with E-state index >= 15 is 0 Å². The Balaban J connectivity index is 4.37. The van der Waals surface area contributed by atoms with E-state index in [4.69, 9.17) is 10.4 Å². The summed E-state index contributed by atoms with van der Waals surface area (Å²) in [7, 11) is 1.67. The minimum Gasteiger partial charge on any atom is -0.480 e. The summed E-state index contributed by atoms with van der Waals surface area (Å²) in [4.78, 5) is 12.4. The quantitative estimate of drug-likeness (QED) is 0.694. The van der Waals surface area contributed by atoms with Crippen LogP contribution in [0.5, 0.6) is 0 Å². The second-order valence-corrected chi connectivity index (χ2v) is 3.11. The van der Waals surface area contributed by atoms with E-state index in [2.05, 4.69) is 0 Å². The molecule has 4 nitrogen and oxygen atoms in total. The fraction of sp³-hybridized carbons (Fsp3) is 0.778. The molecule has 0 spiro atoms. The molecule has 0 saturated heterocycles. The third-order valence-electron chi connectivity index (χ3n) is 2.14. The molecule has 74 valence electrons. The summed E-state index contributed by atoms with van der Waals surface area (Å²) in [6.45, 7) is 3.63. The van der Waals surface area contributed by atoms with Crippen LogP contribution in [-0.2, 0) is 4.79 Å². The number of nitriles is 1. The predicted octanol–water partition coefficient (Wildman–Crippen LogP) is 1.08.